The first-order valence-corrected chi connectivity index (χ1v) is 10.4. The van der Waals surface area contributed by atoms with Gasteiger partial charge in [-0.05, 0) is 43.7 Å². The molecule has 1 atom stereocenters. The summed E-state index contributed by atoms with van der Waals surface area (Å²) in [5, 5.41) is 2.94. The molecule has 156 valence electrons. The highest BCUT2D eigenvalue weighted by atomic mass is 32.1. The minimum Gasteiger partial charge on any atom is -0.487 e. The first-order valence-electron chi connectivity index (χ1n) is 9.56. The van der Waals surface area contributed by atoms with Gasteiger partial charge in [0.15, 0.2) is 6.10 Å². The summed E-state index contributed by atoms with van der Waals surface area (Å²) >= 11 is 1.57. The van der Waals surface area contributed by atoms with Gasteiger partial charge in [-0.2, -0.15) is 0 Å². The molecule has 0 saturated heterocycles. The SMILES string of the molecule is Cc1nc(COc2ccc(C(=O)OC(C)C(=O)N(C)Cc3ccccc3)cc2)cs1. The maximum Gasteiger partial charge on any atom is 0.338 e. The van der Waals surface area contributed by atoms with Crippen molar-refractivity contribution in [3.05, 3.63) is 81.8 Å². The molecule has 0 radical (unpaired) electrons. The number of esters is 1. The van der Waals surface area contributed by atoms with Gasteiger partial charge in [-0.25, -0.2) is 9.78 Å². The van der Waals surface area contributed by atoms with Crippen LogP contribution in [0.4, 0.5) is 0 Å². The van der Waals surface area contributed by atoms with Crippen LogP contribution in [0.25, 0.3) is 0 Å². The van der Waals surface area contributed by atoms with Gasteiger partial charge in [0.1, 0.15) is 12.4 Å². The maximum atomic E-state index is 12.5. The number of carbonyl (C=O) groups is 2. The van der Waals surface area contributed by atoms with Gasteiger partial charge in [-0.15, -0.1) is 11.3 Å². The first kappa shape index (κ1) is 21.5. The van der Waals surface area contributed by atoms with Crippen LogP contribution < -0.4 is 4.74 Å². The van der Waals surface area contributed by atoms with Gasteiger partial charge in [0.2, 0.25) is 0 Å². The zero-order valence-electron chi connectivity index (χ0n) is 17.2. The number of aromatic nitrogens is 1. The number of thiazole rings is 1. The number of ether oxygens (including phenoxy) is 2. The van der Waals surface area contributed by atoms with E-state index >= 15 is 0 Å². The molecule has 1 aromatic heterocycles. The fraction of sp³-hybridized carbons (Fsp3) is 0.261. The Hall–Kier alpha value is -3.19. The Balaban J connectivity index is 1.51. The molecular weight excluding hydrogens is 400 g/mol. The highest BCUT2D eigenvalue weighted by Crippen LogP contribution is 2.17. The largest absolute Gasteiger partial charge is 0.487 e. The van der Waals surface area contributed by atoms with Gasteiger partial charge in [0, 0.05) is 19.0 Å². The summed E-state index contributed by atoms with van der Waals surface area (Å²) in [5.41, 5.74) is 2.24. The molecule has 1 heterocycles. The molecule has 0 aliphatic rings. The Morgan fingerprint density at radius 3 is 2.43 bits per heavy atom. The lowest BCUT2D eigenvalue weighted by Crippen LogP contribution is -2.37. The third-order valence-corrected chi connectivity index (χ3v) is 5.24. The number of aryl methyl sites for hydroxylation is 1. The van der Waals surface area contributed by atoms with Gasteiger partial charge in [0.05, 0.1) is 16.3 Å². The number of amides is 1. The van der Waals surface area contributed by atoms with Crippen LogP contribution in [0.5, 0.6) is 5.75 Å². The number of hydrogen-bond acceptors (Lipinski definition) is 6. The average molecular weight is 425 g/mol. The summed E-state index contributed by atoms with van der Waals surface area (Å²) in [4.78, 5) is 30.8. The summed E-state index contributed by atoms with van der Waals surface area (Å²) in [7, 11) is 1.69. The topological polar surface area (TPSA) is 68.7 Å². The summed E-state index contributed by atoms with van der Waals surface area (Å²) < 4.78 is 11.0. The molecule has 0 spiro atoms. The van der Waals surface area contributed by atoms with E-state index in [1.165, 1.54) is 0 Å². The second-order valence-electron chi connectivity index (χ2n) is 6.90. The minimum atomic E-state index is -0.880. The van der Waals surface area contributed by atoms with Crippen LogP contribution in [-0.2, 0) is 22.7 Å². The van der Waals surface area contributed by atoms with Crippen LogP contribution in [0.3, 0.4) is 0 Å². The molecular formula is C23H24N2O4S. The zero-order valence-corrected chi connectivity index (χ0v) is 18.0. The number of nitrogens with zero attached hydrogens (tertiary/aromatic N) is 2. The smallest absolute Gasteiger partial charge is 0.338 e. The van der Waals surface area contributed by atoms with Gasteiger partial charge in [-0.3, -0.25) is 4.79 Å². The molecule has 1 amide bonds. The van der Waals surface area contributed by atoms with E-state index < -0.39 is 12.1 Å². The first-order chi connectivity index (χ1) is 14.4. The summed E-state index contributed by atoms with van der Waals surface area (Å²) in [6, 6.07) is 16.3. The van der Waals surface area contributed by atoms with E-state index in [1.54, 1.807) is 54.5 Å². The third-order valence-electron chi connectivity index (χ3n) is 4.41. The summed E-state index contributed by atoms with van der Waals surface area (Å²) in [5.74, 6) is -0.180. The molecule has 0 bridgehead atoms. The Bertz CT molecular complexity index is 986. The van der Waals surface area contributed by atoms with Gasteiger partial charge in [0.25, 0.3) is 5.91 Å². The summed E-state index contributed by atoms with van der Waals surface area (Å²) in [6.07, 6.45) is -0.880. The molecule has 7 heteroatoms. The molecule has 6 nitrogen and oxygen atoms in total. The Kier molecular flexibility index (Phi) is 7.19. The van der Waals surface area contributed by atoms with Crippen molar-refractivity contribution in [3.8, 4) is 5.75 Å². The van der Waals surface area contributed by atoms with Crippen molar-refractivity contribution in [2.45, 2.75) is 33.1 Å². The Morgan fingerprint density at radius 2 is 1.80 bits per heavy atom. The van der Waals surface area contributed by atoms with Crippen LogP contribution in [0, 0.1) is 6.92 Å². The van der Waals surface area contributed by atoms with Crippen LogP contribution in [0.2, 0.25) is 0 Å². The second-order valence-corrected chi connectivity index (χ2v) is 7.96. The van der Waals surface area contributed by atoms with Crippen molar-refractivity contribution in [1.29, 1.82) is 0 Å². The molecule has 0 aliphatic carbocycles. The number of likely N-dealkylation sites (N-methyl/N-ethyl adjacent to an activating group) is 1. The fourth-order valence-corrected chi connectivity index (χ4v) is 3.44. The Morgan fingerprint density at radius 1 is 1.10 bits per heavy atom. The minimum absolute atomic E-state index is 0.259. The van der Waals surface area contributed by atoms with Crippen molar-refractivity contribution in [1.82, 2.24) is 9.88 Å². The van der Waals surface area contributed by atoms with E-state index in [4.69, 9.17) is 9.47 Å². The number of carbonyl (C=O) groups excluding carboxylic acids is 2. The van der Waals surface area contributed by atoms with Crippen molar-refractivity contribution in [2.24, 2.45) is 0 Å². The standard InChI is InChI=1S/C23H24N2O4S/c1-16(22(26)25(3)13-18-7-5-4-6-8-18)29-23(27)19-9-11-21(12-10-19)28-14-20-15-30-17(2)24-20/h4-12,15-16H,13-14H2,1-3H3. The highest BCUT2D eigenvalue weighted by Gasteiger charge is 2.22. The van der Waals surface area contributed by atoms with Crippen molar-refractivity contribution < 1.29 is 19.1 Å². The molecule has 0 N–H and O–H groups in total. The zero-order chi connectivity index (χ0) is 21.5. The predicted octanol–water partition coefficient (Wildman–Crippen LogP) is 4.23. The van der Waals surface area contributed by atoms with Gasteiger partial charge < -0.3 is 14.4 Å². The lowest BCUT2D eigenvalue weighted by molar-refractivity contribution is -0.139. The molecule has 2 aromatic carbocycles. The second kappa shape index (κ2) is 10.0. The van der Waals surface area contributed by atoms with Crippen molar-refractivity contribution >= 4 is 23.2 Å². The summed E-state index contributed by atoms with van der Waals surface area (Å²) in [6.45, 7) is 4.34. The Labute approximate surface area is 180 Å². The van der Waals surface area contributed by atoms with Crippen LogP contribution in [0.15, 0.2) is 60.0 Å². The highest BCUT2D eigenvalue weighted by molar-refractivity contribution is 7.09. The normalized spacial score (nSPS) is 11.6. The van der Waals surface area contributed by atoms with Crippen molar-refractivity contribution in [3.63, 3.8) is 0 Å². The fourth-order valence-electron chi connectivity index (χ4n) is 2.84. The van der Waals surface area contributed by atoms with Crippen LogP contribution >= 0.6 is 11.3 Å². The molecule has 3 aromatic rings. The monoisotopic (exact) mass is 424 g/mol. The van der Waals surface area contributed by atoms with E-state index in [0.717, 1.165) is 16.3 Å². The average Bonchev–Trinajstić information content (AvgIpc) is 3.17. The molecule has 30 heavy (non-hydrogen) atoms. The molecule has 0 saturated carbocycles. The maximum absolute atomic E-state index is 12.5. The van der Waals surface area contributed by atoms with E-state index in [1.807, 2.05) is 42.6 Å². The van der Waals surface area contributed by atoms with Gasteiger partial charge >= 0.3 is 5.97 Å². The third kappa shape index (κ3) is 5.90. The van der Waals surface area contributed by atoms with E-state index in [9.17, 15) is 9.59 Å². The quantitative estimate of drug-likeness (QED) is 0.506. The van der Waals surface area contributed by atoms with E-state index in [0.29, 0.717) is 24.5 Å². The molecule has 1 unspecified atom stereocenters. The van der Waals surface area contributed by atoms with E-state index in [2.05, 4.69) is 4.98 Å². The van der Waals surface area contributed by atoms with Crippen LogP contribution in [-0.4, -0.2) is 34.9 Å². The van der Waals surface area contributed by atoms with E-state index in [-0.39, 0.29) is 5.91 Å². The number of rotatable bonds is 8. The lowest BCUT2D eigenvalue weighted by Gasteiger charge is -2.21. The van der Waals surface area contributed by atoms with Crippen molar-refractivity contribution in [2.75, 3.05) is 7.05 Å². The predicted molar refractivity (Wildman–Crippen MR) is 115 cm³/mol. The molecule has 3 rings (SSSR count). The number of hydrogen-bond donors (Lipinski definition) is 0. The molecule has 0 aliphatic heterocycles. The molecule has 0 fully saturated rings. The number of benzene rings is 2. The lowest BCUT2D eigenvalue weighted by atomic mass is 10.2. The van der Waals surface area contributed by atoms with Gasteiger partial charge in [-0.1, -0.05) is 30.3 Å². The van der Waals surface area contributed by atoms with Crippen LogP contribution in [0.1, 0.15) is 33.5 Å².